The van der Waals surface area contributed by atoms with E-state index in [1.807, 2.05) is 54.6 Å². The fraction of sp³-hybridized carbons (Fsp3) is 0.0455. The maximum atomic E-state index is 17.0. The molecule has 0 bridgehead atoms. The smallest absolute Gasteiger partial charge is 0.173 e. The lowest BCUT2D eigenvalue weighted by molar-refractivity contribution is 0.302. The first kappa shape index (κ1) is 27.5. The Morgan fingerprint density at radius 1 is 0.417 bits per heavy atom. The Balaban J connectivity index is 1.48. The van der Waals surface area contributed by atoms with Gasteiger partial charge in [-0.3, -0.25) is 0 Å². The van der Waals surface area contributed by atoms with E-state index in [0.29, 0.717) is 13.2 Å². The minimum atomic E-state index is -3.51. The zero-order chi connectivity index (χ0) is 31.8. The fourth-order valence-electron chi connectivity index (χ4n) is 8.03. The molecule has 0 fully saturated rings. The zero-order valence-corrected chi connectivity index (χ0v) is 26.9. The van der Waals surface area contributed by atoms with E-state index in [1.54, 1.807) is 0 Å². The maximum absolute atomic E-state index is 17.0. The molecular weight excluding hydrogens is 607 g/mol. The zero-order valence-electron chi connectivity index (χ0n) is 26.0. The molecule has 228 valence electrons. The van der Waals surface area contributed by atoms with Gasteiger partial charge in [-0.15, -0.1) is 0 Å². The minimum Gasteiger partial charge on any atom is -0.488 e. The van der Waals surface area contributed by atoms with Crippen molar-refractivity contribution >= 4 is 23.1 Å². The summed E-state index contributed by atoms with van der Waals surface area (Å²) in [6.07, 6.45) is 0. The second-order valence-corrected chi connectivity index (χ2v) is 15.2. The van der Waals surface area contributed by atoms with E-state index in [-0.39, 0.29) is 0 Å². The molecule has 7 aromatic carbocycles. The molecule has 0 unspecified atom stereocenters. The summed E-state index contributed by atoms with van der Waals surface area (Å²) in [5.41, 5.74) is 12.6. The van der Waals surface area contributed by atoms with Gasteiger partial charge in [0.25, 0.3) is 0 Å². The van der Waals surface area contributed by atoms with Gasteiger partial charge in [0, 0.05) is 49.3 Å². The first-order chi connectivity index (χ1) is 23.7. The van der Waals surface area contributed by atoms with Gasteiger partial charge < -0.3 is 14.0 Å². The Bertz CT molecular complexity index is 2320. The molecule has 3 aliphatic rings. The second kappa shape index (κ2) is 10.4. The molecule has 0 saturated heterocycles. The Morgan fingerprint density at radius 3 is 1.27 bits per heavy atom. The predicted octanol–water partition coefficient (Wildman–Crippen LogP) is 9.76. The number of para-hydroxylation sites is 2. The monoisotopic (exact) mass is 636 g/mol. The van der Waals surface area contributed by atoms with Crippen molar-refractivity contribution in [3.8, 4) is 67.1 Å². The van der Waals surface area contributed by atoms with Crippen molar-refractivity contribution in [1.82, 2.24) is 0 Å². The number of fused-ring (bicyclic) bond motifs is 11. The molecule has 4 heteroatoms. The first-order valence-corrected chi connectivity index (χ1v) is 18.0. The number of benzene rings is 7. The maximum Gasteiger partial charge on any atom is 0.173 e. The molecule has 48 heavy (non-hydrogen) atoms. The van der Waals surface area contributed by atoms with Gasteiger partial charge in [0.15, 0.2) is 7.14 Å². The van der Waals surface area contributed by atoms with Crippen LogP contribution >= 0.6 is 7.14 Å². The van der Waals surface area contributed by atoms with Crippen LogP contribution in [0.25, 0.3) is 55.6 Å². The second-order valence-electron chi connectivity index (χ2n) is 12.6. The van der Waals surface area contributed by atoms with Crippen LogP contribution in [0.5, 0.6) is 11.5 Å². The van der Waals surface area contributed by atoms with Gasteiger partial charge in [-0.25, -0.2) is 0 Å². The molecule has 0 radical (unpaired) electrons. The summed E-state index contributed by atoms with van der Waals surface area (Å²) in [6.45, 7) is 0.870. The summed E-state index contributed by atoms with van der Waals surface area (Å²) < 4.78 is 29.8. The highest BCUT2D eigenvalue weighted by atomic mass is 31.2. The predicted molar refractivity (Wildman–Crippen MR) is 195 cm³/mol. The van der Waals surface area contributed by atoms with E-state index >= 15 is 4.57 Å². The summed E-state index contributed by atoms with van der Waals surface area (Å²) in [4.78, 5) is 0. The molecule has 3 nitrogen and oxygen atoms in total. The Labute approximate surface area is 279 Å². The van der Waals surface area contributed by atoms with Crippen molar-refractivity contribution in [1.29, 1.82) is 0 Å². The molecule has 10 rings (SSSR count). The van der Waals surface area contributed by atoms with E-state index in [4.69, 9.17) is 9.47 Å². The van der Waals surface area contributed by atoms with Crippen LogP contribution in [0.15, 0.2) is 152 Å². The highest BCUT2D eigenvalue weighted by Gasteiger charge is 2.49. The van der Waals surface area contributed by atoms with Crippen LogP contribution in [0.1, 0.15) is 11.1 Å². The third kappa shape index (κ3) is 3.80. The van der Waals surface area contributed by atoms with E-state index < -0.39 is 7.14 Å². The summed E-state index contributed by atoms with van der Waals surface area (Å²) in [5, 5.41) is 2.64. The van der Waals surface area contributed by atoms with Crippen molar-refractivity contribution < 1.29 is 14.0 Å². The molecule has 0 amide bonds. The Morgan fingerprint density at radius 2 is 0.812 bits per heavy atom. The summed E-state index contributed by atoms with van der Waals surface area (Å²) in [5.74, 6) is 1.69. The van der Waals surface area contributed by atoms with Crippen LogP contribution < -0.4 is 25.4 Å². The van der Waals surface area contributed by atoms with Crippen LogP contribution in [-0.4, -0.2) is 0 Å². The van der Waals surface area contributed by atoms with Crippen LogP contribution in [0, 0.1) is 0 Å². The molecular formula is C44H29O3P. The number of hydrogen-bond acceptors (Lipinski definition) is 3. The number of ether oxygens (including phenoxy) is 2. The quantitative estimate of drug-likeness (QED) is 0.181. The summed E-state index contributed by atoms with van der Waals surface area (Å²) >= 11 is 0. The number of rotatable bonds is 3. The van der Waals surface area contributed by atoms with Crippen molar-refractivity contribution in [2.24, 2.45) is 0 Å². The van der Waals surface area contributed by atoms with Gasteiger partial charge in [-0.2, -0.15) is 0 Å². The van der Waals surface area contributed by atoms with E-state index in [0.717, 1.165) is 94.2 Å². The topological polar surface area (TPSA) is 35.5 Å². The minimum absolute atomic E-state index is 0.435. The van der Waals surface area contributed by atoms with E-state index in [1.165, 1.54) is 0 Å². The molecule has 0 spiro atoms. The molecule has 3 heterocycles. The largest absolute Gasteiger partial charge is 0.488 e. The van der Waals surface area contributed by atoms with Gasteiger partial charge in [-0.05, 0) is 57.6 Å². The Hall–Kier alpha value is -5.63. The van der Waals surface area contributed by atoms with Gasteiger partial charge in [-0.1, -0.05) is 127 Å². The van der Waals surface area contributed by atoms with E-state index in [2.05, 4.69) is 97.1 Å². The van der Waals surface area contributed by atoms with Crippen molar-refractivity contribution in [3.05, 3.63) is 163 Å². The molecule has 0 aliphatic carbocycles. The summed E-state index contributed by atoms with van der Waals surface area (Å²) in [6, 6.07) is 52.0. The van der Waals surface area contributed by atoms with Gasteiger partial charge >= 0.3 is 0 Å². The van der Waals surface area contributed by atoms with Crippen molar-refractivity contribution in [2.75, 3.05) is 0 Å². The molecule has 0 atom stereocenters. The van der Waals surface area contributed by atoms with Crippen molar-refractivity contribution in [3.63, 3.8) is 0 Å². The highest BCUT2D eigenvalue weighted by molar-refractivity contribution is 7.87. The standard InChI is InChI=1S/C44H29O3P/c45-48(32-18-8-3-9-19-32)43-35(28-14-4-1-5-15-28)24-30-26-46-37-22-12-10-20-33(37)39(30)41(43)42-40-31(27-47-38-23-13-11-21-34(38)40)25-36(44(42)48)29-16-6-2-7-17-29/h1-25H,26-27H2. The van der Waals surface area contributed by atoms with Crippen LogP contribution in [-0.2, 0) is 17.8 Å². The molecule has 3 aliphatic heterocycles. The van der Waals surface area contributed by atoms with Gasteiger partial charge in [0.05, 0.1) is 0 Å². The van der Waals surface area contributed by atoms with E-state index in [9.17, 15) is 0 Å². The van der Waals surface area contributed by atoms with Gasteiger partial charge in [0.1, 0.15) is 24.7 Å². The lowest BCUT2D eigenvalue weighted by atomic mass is 9.80. The average Bonchev–Trinajstić information content (AvgIpc) is 3.45. The molecule has 0 N–H and O–H groups in total. The third-order valence-corrected chi connectivity index (χ3v) is 13.2. The lowest BCUT2D eigenvalue weighted by Gasteiger charge is -2.28. The van der Waals surface area contributed by atoms with Crippen LogP contribution in [0.3, 0.4) is 0 Å². The van der Waals surface area contributed by atoms with Gasteiger partial charge in [0.2, 0.25) is 0 Å². The number of hydrogen-bond donors (Lipinski definition) is 0. The summed E-state index contributed by atoms with van der Waals surface area (Å²) in [7, 11) is -3.51. The fourth-order valence-corrected chi connectivity index (χ4v) is 11.5. The molecule has 7 aromatic rings. The first-order valence-electron chi connectivity index (χ1n) is 16.3. The third-order valence-electron chi connectivity index (χ3n) is 10.0. The SMILES string of the molecule is O=P1(c2ccccc2)c2c(-c3ccccc3)cc3c(c2-c2c4c(cc(-c5ccccc5)c21)COc1ccccc1-4)-c1ccccc1OC3. The molecule has 0 aromatic heterocycles. The highest BCUT2D eigenvalue weighted by Crippen LogP contribution is 2.63. The Kier molecular flexibility index (Phi) is 5.98. The van der Waals surface area contributed by atoms with Crippen molar-refractivity contribution in [2.45, 2.75) is 13.2 Å². The lowest BCUT2D eigenvalue weighted by Crippen LogP contribution is -2.24. The molecule has 0 saturated carbocycles. The average molecular weight is 637 g/mol. The van der Waals surface area contributed by atoms with Crippen LogP contribution in [0.2, 0.25) is 0 Å². The normalized spacial score (nSPS) is 14.2. The van der Waals surface area contributed by atoms with Crippen LogP contribution in [0.4, 0.5) is 0 Å².